The largest absolute Gasteiger partial charge is 0.492 e. The first-order chi connectivity index (χ1) is 15.5. The topological polar surface area (TPSA) is 166 Å². The molecule has 3 unspecified atom stereocenters. The lowest BCUT2D eigenvalue weighted by Crippen LogP contribution is -2.42. The van der Waals surface area contributed by atoms with Gasteiger partial charge in [0, 0.05) is 18.8 Å². The quantitative estimate of drug-likeness (QED) is 0.350. The Morgan fingerprint density at radius 3 is 2.81 bits per heavy atom. The standard InChI is InChI=1S/C19H23N7O6/c1-4-31-10-5-9(6-21-7-10)15-23-16(20-2)11-17(24-15)26(8-22-11)19-13(28)12(27)14(32-19)18(29)25-30-3/h5-8,12-14,19,27-28H,4H2,1-3H3,(H,25,29)(H,20,23,24)/t12?,13?,14-,19?/m1/s1. The Labute approximate surface area is 182 Å². The van der Waals surface area contributed by atoms with Crippen molar-refractivity contribution in [3.05, 3.63) is 24.8 Å². The third-order valence-electron chi connectivity index (χ3n) is 4.91. The fourth-order valence-electron chi connectivity index (χ4n) is 3.46. The number of ether oxygens (including phenoxy) is 2. The SMILES string of the molecule is CCOc1cncc(-c2nc(NC)c3ncn(C4O[C@@H](C(=O)NOC)C(O)C4O)c3n2)c1. The van der Waals surface area contributed by atoms with Crippen molar-refractivity contribution >= 4 is 22.9 Å². The number of aromatic nitrogens is 5. The average Bonchev–Trinajstić information content (AvgIpc) is 3.34. The molecule has 32 heavy (non-hydrogen) atoms. The van der Waals surface area contributed by atoms with Crippen molar-refractivity contribution in [2.24, 2.45) is 0 Å². The molecule has 1 fully saturated rings. The highest BCUT2D eigenvalue weighted by Gasteiger charge is 2.48. The minimum atomic E-state index is -1.48. The van der Waals surface area contributed by atoms with Gasteiger partial charge in [0.2, 0.25) is 0 Å². The van der Waals surface area contributed by atoms with E-state index < -0.39 is 30.4 Å². The molecule has 4 heterocycles. The molecule has 4 atom stereocenters. The zero-order chi connectivity index (χ0) is 22.8. The van der Waals surface area contributed by atoms with Gasteiger partial charge >= 0.3 is 0 Å². The van der Waals surface area contributed by atoms with E-state index in [1.54, 1.807) is 25.5 Å². The van der Waals surface area contributed by atoms with E-state index in [0.29, 0.717) is 40.7 Å². The van der Waals surface area contributed by atoms with Gasteiger partial charge in [-0.2, -0.15) is 0 Å². The number of rotatable bonds is 7. The van der Waals surface area contributed by atoms with Gasteiger partial charge < -0.3 is 25.0 Å². The molecule has 0 radical (unpaired) electrons. The number of hydrogen-bond donors (Lipinski definition) is 4. The van der Waals surface area contributed by atoms with Crippen LogP contribution in [0.1, 0.15) is 13.2 Å². The van der Waals surface area contributed by atoms with E-state index in [9.17, 15) is 15.0 Å². The number of imidazole rings is 1. The molecule has 1 aliphatic rings. The molecule has 0 aromatic carbocycles. The van der Waals surface area contributed by atoms with Crippen LogP contribution in [0.5, 0.6) is 5.75 Å². The van der Waals surface area contributed by atoms with Crippen LogP contribution in [0.2, 0.25) is 0 Å². The molecule has 1 amide bonds. The van der Waals surface area contributed by atoms with Gasteiger partial charge in [0.15, 0.2) is 35.1 Å². The molecular weight excluding hydrogens is 422 g/mol. The van der Waals surface area contributed by atoms with Crippen LogP contribution in [0.4, 0.5) is 5.82 Å². The van der Waals surface area contributed by atoms with Crippen molar-refractivity contribution in [2.75, 3.05) is 26.1 Å². The number of aliphatic hydroxyl groups excluding tert-OH is 2. The number of amides is 1. The maximum Gasteiger partial charge on any atom is 0.275 e. The van der Waals surface area contributed by atoms with Crippen molar-refractivity contribution in [1.29, 1.82) is 0 Å². The normalized spacial score (nSPS) is 22.8. The summed E-state index contributed by atoms with van der Waals surface area (Å²) in [5, 5.41) is 23.8. The number of hydrogen-bond acceptors (Lipinski definition) is 11. The lowest BCUT2D eigenvalue weighted by atomic mass is 10.1. The second kappa shape index (κ2) is 9.00. The molecule has 0 bridgehead atoms. The summed E-state index contributed by atoms with van der Waals surface area (Å²) < 4.78 is 12.6. The second-order valence-electron chi connectivity index (χ2n) is 6.91. The summed E-state index contributed by atoms with van der Waals surface area (Å²) in [7, 11) is 2.94. The van der Waals surface area contributed by atoms with E-state index in [1.165, 1.54) is 18.0 Å². The predicted molar refractivity (Wildman–Crippen MR) is 110 cm³/mol. The van der Waals surface area contributed by atoms with Gasteiger partial charge in [0.05, 0.1) is 26.2 Å². The van der Waals surface area contributed by atoms with Crippen LogP contribution >= 0.6 is 0 Å². The van der Waals surface area contributed by atoms with E-state index >= 15 is 0 Å². The van der Waals surface area contributed by atoms with E-state index in [-0.39, 0.29) is 0 Å². The first-order valence-electron chi connectivity index (χ1n) is 9.83. The second-order valence-corrected chi connectivity index (χ2v) is 6.91. The van der Waals surface area contributed by atoms with Crippen LogP contribution in [0.15, 0.2) is 24.8 Å². The third-order valence-corrected chi connectivity index (χ3v) is 4.91. The highest BCUT2D eigenvalue weighted by atomic mass is 16.6. The summed E-state index contributed by atoms with van der Waals surface area (Å²) in [6.07, 6.45) is -0.781. The first-order valence-corrected chi connectivity index (χ1v) is 9.83. The van der Waals surface area contributed by atoms with Crippen molar-refractivity contribution in [1.82, 2.24) is 30.0 Å². The molecule has 0 saturated carbocycles. The molecule has 0 aliphatic carbocycles. The number of anilines is 1. The summed E-state index contributed by atoms with van der Waals surface area (Å²) in [5.74, 6) is 0.612. The van der Waals surface area contributed by atoms with Crippen molar-refractivity contribution in [3.8, 4) is 17.1 Å². The van der Waals surface area contributed by atoms with Gasteiger partial charge in [-0.1, -0.05) is 0 Å². The molecular formula is C19H23N7O6. The molecule has 1 aliphatic heterocycles. The number of nitrogens with zero attached hydrogens (tertiary/aromatic N) is 5. The number of hydroxylamine groups is 1. The van der Waals surface area contributed by atoms with Crippen molar-refractivity contribution in [2.45, 2.75) is 31.5 Å². The Morgan fingerprint density at radius 2 is 2.09 bits per heavy atom. The van der Waals surface area contributed by atoms with E-state index in [1.807, 2.05) is 6.92 Å². The monoisotopic (exact) mass is 445 g/mol. The lowest BCUT2D eigenvalue weighted by molar-refractivity contribution is -0.148. The smallest absolute Gasteiger partial charge is 0.275 e. The van der Waals surface area contributed by atoms with E-state index in [2.05, 4.69) is 35.6 Å². The summed E-state index contributed by atoms with van der Waals surface area (Å²) in [6, 6.07) is 1.76. The van der Waals surface area contributed by atoms with Crippen LogP contribution in [0.25, 0.3) is 22.6 Å². The Morgan fingerprint density at radius 1 is 1.28 bits per heavy atom. The fraction of sp³-hybridized carbons (Fsp3) is 0.421. The summed E-state index contributed by atoms with van der Waals surface area (Å²) in [4.78, 5) is 34.2. The van der Waals surface area contributed by atoms with Crippen molar-refractivity contribution < 1.29 is 29.3 Å². The minimum Gasteiger partial charge on any atom is -0.492 e. The molecule has 4 N–H and O–H groups in total. The average molecular weight is 445 g/mol. The van der Waals surface area contributed by atoms with Gasteiger partial charge in [-0.25, -0.2) is 20.4 Å². The predicted octanol–water partition coefficient (Wildman–Crippen LogP) is -0.374. The van der Waals surface area contributed by atoms with Crippen LogP contribution in [0.3, 0.4) is 0 Å². The number of carbonyl (C=O) groups is 1. The van der Waals surface area contributed by atoms with Crippen LogP contribution in [-0.4, -0.2) is 79.7 Å². The van der Waals surface area contributed by atoms with Crippen LogP contribution < -0.4 is 15.5 Å². The van der Waals surface area contributed by atoms with Gasteiger partial charge in [0.1, 0.15) is 18.0 Å². The summed E-state index contributed by atoms with van der Waals surface area (Å²) in [5.41, 5.74) is 3.44. The molecule has 3 aromatic rings. The molecule has 0 spiro atoms. The van der Waals surface area contributed by atoms with Gasteiger partial charge in [-0.15, -0.1) is 0 Å². The van der Waals surface area contributed by atoms with E-state index in [4.69, 9.17) is 9.47 Å². The summed E-state index contributed by atoms with van der Waals surface area (Å²) in [6.45, 7) is 2.35. The minimum absolute atomic E-state index is 0.324. The summed E-state index contributed by atoms with van der Waals surface area (Å²) >= 11 is 0. The Hall–Kier alpha value is -3.39. The lowest BCUT2D eigenvalue weighted by Gasteiger charge is -2.17. The molecule has 13 nitrogen and oxygen atoms in total. The Kier molecular flexibility index (Phi) is 6.14. The van der Waals surface area contributed by atoms with Crippen LogP contribution in [-0.2, 0) is 14.4 Å². The van der Waals surface area contributed by atoms with Gasteiger partial charge in [-0.05, 0) is 13.0 Å². The van der Waals surface area contributed by atoms with E-state index in [0.717, 1.165) is 0 Å². The molecule has 4 rings (SSSR count). The first kappa shape index (κ1) is 21.8. The molecule has 1 saturated heterocycles. The molecule has 3 aromatic heterocycles. The number of aliphatic hydroxyl groups is 2. The van der Waals surface area contributed by atoms with Gasteiger partial charge in [-0.3, -0.25) is 19.2 Å². The third kappa shape index (κ3) is 3.82. The molecule has 13 heteroatoms. The highest BCUT2D eigenvalue weighted by molar-refractivity contribution is 5.85. The Bertz CT molecular complexity index is 1120. The van der Waals surface area contributed by atoms with Gasteiger partial charge in [0.25, 0.3) is 5.91 Å². The van der Waals surface area contributed by atoms with Crippen LogP contribution in [0, 0.1) is 0 Å². The number of carbonyl (C=O) groups excluding carboxylic acids is 1. The highest BCUT2D eigenvalue weighted by Crippen LogP contribution is 2.33. The zero-order valence-corrected chi connectivity index (χ0v) is 17.6. The maximum absolute atomic E-state index is 12.1. The number of pyridine rings is 1. The number of nitrogens with one attached hydrogen (secondary N) is 2. The Balaban J connectivity index is 1.76. The fourth-order valence-corrected chi connectivity index (χ4v) is 3.46. The number of fused-ring (bicyclic) bond motifs is 1. The maximum atomic E-state index is 12.1. The molecule has 170 valence electrons. The van der Waals surface area contributed by atoms with Crippen molar-refractivity contribution in [3.63, 3.8) is 0 Å². The zero-order valence-electron chi connectivity index (χ0n) is 17.6.